The highest BCUT2D eigenvalue weighted by molar-refractivity contribution is 5.78. The number of nitrogens with one attached hydrogen (secondary N) is 1. The number of nitrogen functional groups attached to an aromatic ring is 1. The van der Waals surface area contributed by atoms with Crippen molar-refractivity contribution in [1.29, 1.82) is 0 Å². The topological polar surface area (TPSA) is 100 Å². The van der Waals surface area contributed by atoms with Crippen molar-refractivity contribution in [1.82, 2.24) is 19.5 Å². The fourth-order valence-electron chi connectivity index (χ4n) is 3.28. The van der Waals surface area contributed by atoms with Crippen LogP contribution in [0.4, 0.5) is 21.7 Å². The van der Waals surface area contributed by atoms with Crippen LogP contribution in [0.3, 0.4) is 0 Å². The van der Waals surface area contributed by atoms with Crippen LogP contribution in [0, 0.1) is 5.82 Å². The van der Waals surface area contributed by atoms with Crippen molar-refractivity contribution in [2.45, 2.75) is 13.3 Å². The van der Waals surface area contributed by atoms with Crippen LogP contribution in [0.1, 0.15) is 12.7 Å². The molecule has 8 nitrogen and oxygen atoms in total. The Morgan fingerprint density at radius 3 is 2.79 bits per heavy atom. The van der Waals surface area contributed by atoms with E-state index in [-0.39, 0.29) is 24.4 Å². The summed E-state index contributed by atoms with van der Waals surface area (Å²) in [7, 11) is 0. The zero-order chi connectivity index (χ0) is 20.0. The Hall–Kier alpha value is -3.88. The normalized spacial score (nSPS) is 12.5. The van der Waals surface area contributed by atoms with Crippen molar-refractivity contribution in [3.63, 3.8) is 0 Å². The standard InChI is InChI=1S/C20H17FN6O2/c1-2-16-24-12-5-3-4-6-13(12)27(16)20-25-18(22)17(21)19(26-20)23-11-7-8-14-15(9-11)29-10-28-14/h3-9H,2,10H2,1H3,(H3,22,23,25,26). The summed E-state index contributed by atoms with van der Waals surface area (Å²) in [6.07, 6.45) is 0.653. The molecule has 1 aliphatic rings. The first-order valence-corrected chi connectivity index (χ1v) is 9.10. The van der Waals surface area contributed by atoms with E-state index in [1.807, 2.05) is 31.2 Å². The molecule has 0 saturated carbocycles. The van der Waals surface area contributed by atoms with E-state index in [4.69, 9.17) is 15.2 Å². The third kappa shape index (κ3) is 2.87. The molecule has 0 spiro atoms. The summed E-state index contributed by atoms with van der Waals surface area (Å²) in [5, 5.41) is 2.96. The molecule has 3 N–H and O–H groups in total. The minimum atomic E-state index is -0.728. The van der Waals surface area contributed by atoms with Crippen LogP contribution in [0.25, 0.3) is 17.0 Å². The summed E-state index contributed by atoms with van der Waals surface area (Å²) in [6, 6.07) is 12.8. The van der Waals surface area contributed by atoms with Gasteiger partial charge in [-0.1, -0.05) is 19.1 Å². The van der Waals surface area contributed by atoms with E-state index in [9.17, 15) is 4.39 Å². The highest BCUT2D eigenvalue weighted by Gasteiger charge is 2.19. The van der Waals surface area contributed by atoms with Crippen LogP contribution in [0.15, 0.2) is 42.5 Å². The SMILES string of the molecule is CCc1nc2ccccc2n1-c1nc(N)c(F)c(Nc2ccc3c(c2)OCO3)n1. The van der Waals surface area contributed by atoms with Crippen LogP contribution in [-0.4, -0.2) is 26.3 Å². The second kappa shape index (κ2) is 6.62. The summed E-state index contributed by atoms with van der Waals surface area (Å²) >= 11 is 0. The van der Waals surface area contributed by atoms with E-state index >= 15 is 0 Å². The molecule has 4 aromatic rings. The zero-order valence-corrected chi connectivity index (χ0v) is 15.5. The molecule has 0 aliphatic carbocycles. The lowest BCUT2D eigenvalue weighted by atomic mass is 10.2. The molecule has 0 amide bonds. The van der Waals surface area contributed by atoms with E-state index in [0.29, 0.717) is 23.6 Å². The average molecular weight is 392 g/mol. The highest BCUT2D eigenvalue weighted by Crippen LogP contribution is 2.35. The first-order valence-electron chi connectivity index (χ1n) is 9.10. The van der Waals surface area contributed by atoms with Gasteiger partial charge in [-0.15, -0.1) is 0 Å². The Morgan fingerprint density at radius 1 is 1.10 bits per heavy atom. The van der Waals surface area contributed by atoms with Gasteiger partial charge in [0.1, 0.15) is 5.82 Å². The number of fused-ring (bicyclic) bond motifs is 2. The highest BCUT2D eigenvalue weighted by atomic mass is 19.1. The minimum absolute atomic E-state index is 0.0359. The number of aryl methyl sites for hydroxylation is 1. The van der Waals surface area contributed by atoms with E-state index in [0.717, 1.165) is 16.9 Å². The van der Waals surface area contributed by atoms with Gasteiger partial charge >= 0.3 is 0 Å². The number of hydrogen-bond donors (Lipinski definition) is 2. The van der Waals surface area contributed by atoms with Crippen LogP contribution >= 0.6 is 0 Å². The van der Waals surface area contributed by atoms with Gasteiger partial charge in [-0.25, -0.2) is 4.98 Å². The van der Waals surface area contributed by atoms with E-state index in [1.165, 1.54) is 0 Å². The Kier molecular flexibility index (Phi) is 3.94. The van der Waals surface area contributed by atoms with Crippen LogP contribution in [0.5, 0.6) is 11.5 Å². The van der Waals surface area contributed by atoms with Gasteiger partial charge in [0.2, 0.25) is 18.6 Å². The van der Waals surface area contributed by atoms with Crippen molar-refractivity contribution < 1.29 is 13.9 Å². The Morgan fingerprint density at radius 2 is 1.93 bits per heavy atom. The predicted molar refractivity (Wildman–Crippen MR) is 106 cm³/mol. The summed E-state index contributed by atoms with van der Waals surface area (Å²) in [5.41, 5.74) is 8.08. The van der Waals surface area contributed by atoms with Crippen molar-refractivity contribution in [2.24, 2.45) is 0 Å². The lowest BCUT2D eigenvalue weighted by Gasteiger charge is -2.12. The zero-order valence-electron chi connectivity index (χ0n) is 15.5. The molecule has 29 heavy (non-hydrogen) atoms. The average Bonchev–Trinajstić information content (AvgIpc) is 3.34. The van der Waals surface area contributed by atoms with Gasteiger partial charge in [-0.2, -0.15) is 14.4 Å². The lowest BCUT2D eigenvalue weighted by Crippen LogP contribution is -2.11. The number of anilines is 3. The number of hydrogen-bond acceptors (Lipinski definition) is 7. The van der Waals surface area contributed by atoms with Crippen LogP contribution < -0.4 is 20.5 Å². The van der Waals surface area contributed by atoms with Crippen LogP contribution in [-0.2, 0) is 6.42 Å². The molecule has 0 saturated heterocycles. The number of ether oxygens (including phenoxy) is 2. The molecule has 0 fully saturated rings. The molecule has 0 radical (unpaired) electrons. The number of halogens is 1. The molecule has 3 heterocycles. The smallest absolute Gasteiger partial charge is 0.239 e. The maximum absolute atomic E-state index is 14.7. The predicted octanol–water partition coefficient (Wildman–Crippen LogP) is 3.57. The van der Waals surface area contributed by atoms with Gasteiger partial charge in [0.15, 0.2) is 23.1 Å². The molecular weight excluding hydrogens is 375 g/mol. The maximum atomic E-state index is 14.7. The van der Waals surface area contributed by atoms with E-state index in [2.05, 4.69) is 20.3 Å². The summed E-state index contributed by atoms with van der Waals surface area (Å²) in [5.74, 6) is 1.20. The van der Waals surface area contributed by atoms with Crippen molar-refractivity contribution >= 4 is 28.4 Å². The number of imidazole rings is 1. The second-order valence-corrected chi connectivity index (χ2v) is 6.47. The number of rotatable bonds is 4. The fraction of sp³-hybridized carbons (Fsp3) is 0.150. The van der Waals surface area contributed by atoms with Gasteiger partial charge in [0.25, 0.3) is 0 Å². The van der Waals surface area contributed by atoms with E-state index in [1.54, 1.807) is 22.8 Å². The maximum Gasteiger partial charge on any atom is 0.239 e. The summed E-state index contributed by atoms with van der Waals surface area (Å²) < 4.78 is 27.1. The molecule has 0 bridgehead atoms. The minimum Gasteiger partial charge on any atom is -0.454 e. The van der Waals surface area contributed by atoms with Gasteiger partial charge in [-0.3, -0.25) is 4.57 Å². The molecule has 9 heteroatoms. The third-order valence-corrected chi connectivity index (χ3v) is 4.65. The molecule has 146 valence electrons. The van der Waals surface area contributed by atoms with Crippen molar-refractivity contribution in [3.8, 4) is 17.4 Å². The summed E-state index contributed by atoms with van der Waals surface area (Å²) in [6.45, 7) is 2.14. The van der Waals surface area contributed by atoms with Crippen molar-refractivity contribution in [3.05, 3.63) is 54.1 Å². The monoisotopic (exact) mass is 392 g/mol. The third-order valence-electron chi connectivity index (χ3n) is 4.65. The van der Waals surface area contributed by atoms with Crippen LogP contribution in [0.2, 0.25) is 0 Å². The number of aromatic nitrogens is 4. The molecule has 0 unspecified atom stereocenters. The first kappa shape index (κ1) is 17.2. The van der Waals surface area contributed by atoms with E-state index < -0.39 is 5.82 Å². The second-order valence-electron chi connectivity index (χ2n) is 6.47. The molecule has 1 aliphatic heterocycles. The van der Waals surface area contributed by atoms with Gasteiger partial charge in [0.05, 0.1) is 11.0 Å². The molecular formula is C20H17FN6O2. The van der Waals surface area contributed by atoms with Gasteiger partial charge in [0, 0.05) is 18.2 Å². The number of para-hydroxylation sites is 2. The summed E-state index contributed by atoms with van der Waals surface area (Å²) in [4.78, 5) is 13.2. The molecule has 2 aromatic carbocycles. The lowest BCUT2D eigenvalue weighted by molar-refractivity contribution is 0.174. The number of nitrogens with two attached hydrogens (primary N) is 1. The molecule has 0 atom stereocenters. The molecule has 2 aromatic heterocycles. The fourth-order valence-corrected chi connectivity index (χ4v) is 3.28. The number of nitrogens with zero attached hydrogens (tertiary/aromatic N) is 4. The Balaban J connectivity index is 1.61. The Bertz CT molecular complexity index is 1240. The quantitative estimate of drug-likeness (QED) is 0.548. The van der Waals surface area contributed by atoms with Crippen molar-refractivity contribution in [2.75, 3.05) is 17.8 Å². The molecule has 5 rings (SSSR count). The van der Waals surface area contributed by atoms with Gasteiger partial charge < -0.3 is 20.5 Å². The van der Waals surface area contributed by atoms with Gasteiger partial charge in [-0.05, 0) is 24.3 Å². The largest absolute Gasteiger partial charge is 0.454 e. The Labute approximate surface area is 165 Å². The first-order chi connectivity index (χ1) is 14.1. The number of benzene rings is 2.